The van der Waals surface area contributed by atoms with Crippen molar-refractivity contribution in [3.63, 3.8) is 0 Å². The molecule has 0 unspecified atom stereocenters. The number of aryl methyl sites for hydroxylation is 1. The van der Waals surface area contributed by atoms with Gasteiger partial charge in [-0.2, -0.15) is 0 Å². The van der Waals surface area contributed by atoms with Crippen molar-refractivity contribution in [3.8, 4) is 0 Å². The van der Waals surface area contributed by atoms with Gasteiger partial charge in [0, 0.05) is 29.0 Å². The van der Waals surface area contributed by atoms with E-state index in [1.807, 2.05) is 10.0 Å². The molecule has 0 radical (unpaired) electrons. The highest BCUT2D eigenvalue weighted by Crippen LogP contribution is 2.31. The van der Waals surface area contributed by atoms with E-state index in [0.717, 1.165) is 31.9 Å². The number of aliphatic imine (C=N–C) groups is 1. The standard InChI is InChI=1S/C20H35N5S/c1-15-12-17(21)25(26-15)18(24-10-8-6-7-9-11-24)22-16-13-19(2,3)23-20(4,5)14-16/h12,16,21,23H,6-11,13-14H2,1-5H3. The summed E-state index contributed by atoms with van der Waals surface area (Å²) in [6.07, 6.45) is 7.12. The Balaban J connectivity index is 1.98. The fourth-order valence-corrected chi connectivity index (χ4v) is 5.52. The predicted octanol–water partition coefficient (Wildman–Crippen LogP) is 3.73. The van der Waals surface area contributed by atoms with Crippen LogP contribution < -0.4 is 10.8 Å². The molecule has 5 nitrogen and oxygen atoms in total. The lowest BCUT2D eigenvalue weighted by Crippen LogP contribution is -2.59. The topological polar surface area (TPSA) is 56.4 Å². The van der Waals surface area contributed by atoms with Crippen LogP contribution in [0.15, 0.2) is 11.1 Å². The van der Waals surface area contributed by atoms with Crippen molar-refractivity contribution in [2.24, 2.45) is 4.99 Å². The minimum absolute atomic E-state index is 0.0830. The minimum Gasteiger partial charge on any atom is -0.342 e. The Hall–Kier alpha value is -1.14. The highest BCUT2D eigenvalue weighted by Gasteiger charge is 2.38. The van der Waals surface area contributed by atoms with Crippen LogP contribution in [0.4, 0.5) is 0 Å². The SMILES string of the molecule is Cc1cc(=N)n(C(=NC2CC(C)(C)NC(C)(C)C2)N2CCCCCC2)s1. The third-order valence-corrected chi connectivity index (χ3v) is 6.28. The molecule has 2 fully saturated rings. The van der Waals surface area contributed by atoms with E-state index >= 15 is 0 Å². The molecule has 2 saturated heterocycles. The van der Waals surface area contributed by atoms with E-state index in [1.54, 1.807) is 11.5 Å². The van der Waals surface area contributed by atoms with Crippen LogP contribution in [0.5, 0.6) is 0 Å². The normalized spacial score (nSPS) is 24.5. The summed E-state index contributed by atoms with van der Waals surface area (Å²) in [4.78, 5) is 8.90. The zero-order chi connectivity index (χ0) is 18.9. The first-order valence-corrected chi connectivity index (χ1v) is 10.8. The van der Waals surface area contributed by atoms with E-state index in [2.05, 4.69) is 44.8 Å². The third-order valence-electron chi connectivity index (χ3n) is 5.33. The molecular weight excluding hydrogens is 342 g/mol. The predicted molar refractivity (Wildman–Crippen MR) is 110 cm³/mol. The summed E-state index contributed by atoms with van der Waals surface area (Å²) < 4.78 is 2.04. The number of nitrogens with one attached hydrogen (secondary N) is 2. The lowest BCUT2D eigenvalue weighted by Gasteiger charge is -2.45. The Bertz CT molecular complexity index is 688. The van der Waals surface area contributed by atoms with Gasteiger partial charge in [-0.25, -0.2) is 8.95 Å². The van der Waals surface area contributed by atoms with Gasteiger partial charge in [0.25, 0.3) is 0 Å². The van der Waals surface area contributed by atoms with E-state index in [0.29, 0.717) is 5.49 Å². The van der Waals surface area contributed by atoms with Crippen molar-refractivity contribution in [3.05, 3.63) is 16.4 Å². The van der Waals surface area contributed by atoms with E-state index in [9.17, 15) is 0 Å². The molecule has 3 heterocycles. The van der Waals surface area contributed by atoms with Gasteiger partial charge in [0.1, 0.15) is 5.49 Å². The molecule has 6 heteroatoms. The molecule has 0 aliphatic carbocycles. The molecule has 1 aromatic heterocycles. The largest absolute Gasteiger partial charge is 0.342 e. The Morgan fingerprint density at radius 2 is 1.69 bits per heavy atom. The van der Waals surface area contributed by atoms with Crippen LogP contribution >= 0.6 is 11.5 Å². The minimum atomic E-state index is 0.0830. The molecule has 2 aliphatic rings. The maximum atomic E-state index is 8.42. The highest BCUT2D eigenvalue weighted by molar-refractivity contribution is 7.07. The van der Waals surface area contributed by atoms with Crippen LogP contribution in [0.1, 0.15) is 71.1 Å². The van der Waals surface area contributed by atoms with Crippen molar-refractivity contribution in [1.82, 2.24) is 14.2 Å². The maximum absolute atomic E-state index is 8.42. The Morgan fingerprint density at radius 3 is 2.19 bits per heavy atom. The van der Waals surface area contributed by atoms with Crippen molar-refractivity contribution >= 4 is 17.5 Å². The average molecular weight is 378 g/mol. The Kier molecular flexibility index (Phi) is 5.63. The van der Waals surface area contributed by atoms with Crippen molar-refractivity contribution in [2.45, 2.75) is 90.3 Å². The first-order chi connectivity index (χ1) is 12.2. The molecule has 0 saturated carbocycles. The van der Waals surface area contributed by atoms with Gasteiger partial charge < -0.3 is 10.2 Å². The summed E-state index contributed by atoms with van der Waals surface area (Å²) in [7, 11) is 0. The van der Waals surface area contributed by atoms with Crippen LogP contribution in [0.2, 0.25) is 0 Å². The van der Waals surface area contributed by atoms with Gasteiger partial charge in [-0.05, 0) is 66.4 Å². The fraction of sp³-hybridized carbons (Fsp3) is 0.800. The molecule has 3 rings (SSSR count). The molecule has 26 heavy (non-hydrogen) atoms. The number of hydrogen-bond donors (Lipinski definition) is 2. The van der Waals surface area contributed by atoms with Gasteiger partial charge in [0.05, 0.1) is 6.04 Å². The second-order valence-electron chi connectivity index (χ2n) is 9.31. The van der Waals surface area contributed by atoms with Gasteiger partial charge in [0.15, 0.2) is 0 Å². The second-order valence-corrected chi connectivity index (χ2v) is 10.5. The monoisotopic (exact) mass is 377 g/mol. The van der Waals surface area contributed by atoms with E-state index in [4.69, 9.17) is 10.4 Å². The van der Waals surface area contributed by atoms with Gasteiger partial charge in [0.2, 0.25) is 5.96 Å². The molecule has 0 bridgehead atoms. The summed E-state index contributed by atoms with van der Waals surface area (Å²) in [6, 6.07) is 2.24. The van der Waals surface area contributed by atoms with Gasteiger partial charge in [-0.3, -0.25) is 5.41 Å². The molecule has 2 N–H and O–H groups in total. The fourth-order valence-electron chi connectivity index (χ4n) is 4.68. The number of rotatable bonds is 1. The summed E-state index contributed by atoms with van der Waals surface area (Å²) in [6.45, 7) is 13.3. The maximum Gasteiger partial charge on any atom is 0.216 e. The third kappa shape index (κ3) is 4.77. The highest BCUT2D eigenvalue weighted by atomic mass is 32.1. The first-order valence-electron chi connectivity index (χ1n) is 10.0. The molecule has 0 aromatic carbocycles. The van der Waals surface area contributed by atoms with Crippen molar-refractivity contribution in [1.29, 1.82) is 5.41 Å². The number of hydrogen-bond acceptors (Lipinski definition) is 4. The molecule has 146 valence electrons. The molecular formula is C20H35N5S. The van der Waals surface area contributed by atoms with Crippen molar-refractivity contribution in [2.75, 3.05) is 13.1 Å². The summed E-state index contributed by atoms with van der Waals surface area (Å²) in [5.74, 6) is 1.01. The van der Waals surface area contributed by atoms with Crippen LogP contribution in [0, 0.1) is 12.3 Å². The molecule has 0 spiro atoms. The number of piperidine rings is 1. The van der Waals surface area contributed by atoms with Crippen LogP contribution in [0.3, 0.4) is 0 Å². The number of aromatic nitrogens is 1. The number of likely N-dealkylation sites (tertiary alicyclic amines) is 1. The summed E-state index contributed by atoms with van der Waals surface area (Å²) in [5, 5.41) is 12.2. The van der Waals surface area contributed by atoms with Crippen LogP contribution in [-0.2, 0) is 0 Å². The Labute approximate surface area is 162 Å². The van der Waals surface area contributed by atoms with Crippen molar-refractivity contribution < 1.29 is 0 Å². The molecule has 2 aliphatic heterocycles. The van der Waals surface area contributed by atoms with E-state index in [1.165, 1.54) is 30.6 Å². The quantitative estimate of drug-likeness (QED) is 0.579. The van der Waals surface area contributed by atoms with E-state index < -0.39 is 0 Å². The van der Waals surface area contributed by atoms with Gasteiger partial charge >= 0.3 is 0 Å². The number of nitrogens with zero attached hydrogens (tertiary/aromatic N) is 3. The first kappa shape index (κ1) is 19.6. The average Bonchev–Trinajstić information content (AvgIpc) is 2.70. The molecule has 1 aromatic rings. The second kappa shape index (κ2) is 7.47. The lowest BCUT2D eigenvalue weighted by atomic mass is 9.80. The zero-order valence-electron chi connectivity index (χ0n) is 17.1. The zero-order valence-corrected chi connectivity index (χ0v) is 17.9. The van der Waals surface area contributed by atoms with Gasteiger partial charge in [-0.1, -0.05) is 24.4 Å². The summed E-state index contributed by atoms with van der Waals surface area (Å²) >= 11 is 1.65. The molecule has 0 amide bonds. The van der Waals surface area contributed by atoms with Crippen LogP contribution in [-0.4, -0.2) is 45.0 Å². The van der Waals surface area contributed by atoms with Crippen LogP contribution in [0.25, 0.3) is 0 Å². The smallest absolute Gasteiger partial charge is 0.216 e. The van der Waals surface area contributed by atoms with Gasteiger partial charge in [-0.15, -0.1) is 0 Å². The summed E-state index contributed by atoms with van der Waals surface area (Å²) in [5.41, 5.74) is 0.724. The molecule has 0 atom stereocenters. The van der Waals surface area contributed by atoms with E-state index in [-0.39, 0.29) is 17.1 Å². The Morgan fingerprint density at radius 1 is 1.12 bits per heavy atom. The lowest BCUT2D eigenvalue weighted by molar-refractivity contribution is 0.163.